The molecule has 0 aromatic heterocycles. The Bertz CT molecular complexity index is 286. The molecule has 1 fully saturated rings. The van der Waals surface area contributed by atoms with Crippen molar-refractivity contribution in [3.05, 3.63) is 0 Å². The fourth-order valence-corrected chi connectivity index (χ4v) is 2.91. The molecule has 0 heterocycles. The fourth-order valence-electron chi connectivity index (χ4n) is 1.35. The third kappa shape index (κ3) is 5.15. The van der Waals surface area contributed by atoms with Gasteiger partial charge < -0.3 is 4.74 Å². The zero-order chi connectivity index (χ0) is 11.5. The Morgan fingerprint density at radius 3 is 2.53 bits per heavy atom. The summed E-state index contributed by atoms with van der Waals surface area (Å²) in [5, 5.41) is 0.129. The lowest BCUT2D eigenvalue weighted by Crippen LogP contribution is -2.46. The monoisotopic (exact) mass is 255 g/mol. The van der Waals surface area contributed by atoms with Crippen LogP contribution in [0.15, 0.2) is 0 Å². The third-order valence-corrected chi connectivity index (χ3v) is 3.98. The van der Waals surface area contributed by atoms with E-state index in [1.165, 1.54) is 0 Å². The highest BCUT2D eigenvalue weighted by molar-refractivity contribution is 7.89. The maximum atomic E-state index is 11.5. The van der Waals surface area contributed by atoms with E-state index in [-0.39, 0.29) is 29.9 Å². The molecule has 1 aliphatic carbocycles. The van der Waals surface area contributed by atoms with Crippen molar-refractivity contribution in [2.75, 3.05) is 12.4 Å². The highest BCUT2D eigenvalue weighted by Crippen LogP contribution is 2.25. The van der Waals surface area contributed by atoms with Crippen molar-refractivity contribution in [1.82, 2.24) is 4.72 Å². The molecule has 1 rings (SSSR count). The van der Waals surface area contributed by atoms with Crippen molar-refractivity contribution in [1.29, 1.82) is 0 Å². The van der Waals surface area contributed by atoms with Crippen LogP contribution in [0.1, 0.15) is 26.7 Å². The molecule has 0 atom stereocenters. The lowest BCUT2D eigenvalue weighted by Gasteiger charge is -2.31. The number of hydrogen-bond acceptors (Lipinski definition) is 3. The molecule has 0 radical (unpaired) electrons. The number of rotatable bonds is 6. The maximum absolute atomic E-state index is 11.5. The second-order valence-electron chi connectivity index (χ2n) is 4.12. The van der Waals surface area contributed by atoms with Crippen LogP contribution < -0.4 is 4.72 Å². The standard InChI is InChI=1S/C9H18ClNO3S/c1-7(2)14-3-4-15(12,13)11-9-5-8(10)6-9/h7-9,11H,3-6H2,1-2H3. The molecule has 1 aliphatic rings. The fraction of sp³-hybridized carbons (Fsp3) is 1.00. The Morgan fingerprint density at radius 1 is 1.47 bits per heavy atom. The van der Waals surface area contributed by atoms with E-state index in [1.807, 2.05) is 13.8 Å². The Hall–Kier alpha value is 0.160. The Kier molecular flexibility index (Phi) is 4.83. The minimum Gasteiger partial charge on any atom is -0.378 e. The first-order chi connectivity index (χ1) is 6.89. The summed E-state index contributed by atoms with van der Waals surface area (Å²) < 4.78 is 30.8. The molecule has 0 aromatic carbocycles. The number of nitrogens with one attached hydrogen (secondary N) is 1. The molecular formula is C9H18ClNO3S. The van der Waals surface area contributed by atoms with Crippen molar-refractivity contribution in [3.63, 3.8) is 0 Å². The summed E-state index contributed by atoms with van der Waals surface area (Å²) in [6, 6.07) is 0.0246. The van der Waals surface area contributed by atoms with Gasteiger partial charge in [0.2, 0.25) is 10.0 Å². The van der Waals surface area contributed by atoms with Gasteiger partial charge in [0, 0.05) is 11.4 Å². The summed E-state index contributed by atoms with van der Waals surface area (Å²) in [7, 11) is -3.19. The second kappa shape index (κ2) is 5.48. The summed E-state index contributed by atoms with van der Waals surface area (Å²) in [5.41, 5.74) is 0. The Balaban J connectivity index is 2.20. The summed E-state index contributed by atoms with van der Waals surface area (Å²) in [5.74, 6) is 0.0225. The molecule has 0 unspecified atom stereocenters. The van der Waals surface area contributed by atoms with Crippen LogP contribution in [0.5, 0.6) is 0 Å². The highest BCUT2D eigenvalue weighted by atomic mass is 35.5. The van der Waals surface area contributed by atoms with Crippen LogP contribution in [0.2, 0.25) is 0 Å². The van der Waals surface area contributed by atoms with E-state index in [0.29, 0.717) is 0 Å². The van der Waals surface area contributed by atoms with Gasteiger partial charge in [-0.15, -0.1) is 11.6 Å². The van der Waals surface area contributed by atoms with Gasteiger partial charge in [-0.3, -0.25) is 0 Å². The minimum absolute atomic E-state index is 0.0225. The van der Waals surface area contributed by atoms with Crippen LogP contribution in [-0.4, -0.2) is 38.3 Å². The Labute approximate surface area is 96.4 Å². The van der Waals surface area contributed by atoms with Gasteiger partial charge in [0.25, 0.3) is 0 Å². The van der Waals surface area contributed by atoms with Gasteiger partial charge in [-0.1, -0.05) is 0 Å². The third-order valence-electron chi connectivity index (χ3n) is 2.23. The molecule has 1 saturated carbocycles. The van der Waals surface area contributed by atoms with Crippen molar-refractivity contribution >= 4 is 21.6 Å². The molecule has 1 N–H and O–H groups in total. The smallest absolute Gasteiger partial charge is 0.214 e. The first kappa shape index (κ1) is 13.2. The van der Waals surface area contributed by atoms with Crippen molar-refractivity contribution in [3.8, 4) is 0 Å². The van der Waals surface area contributed by atoms with Crippen LogP contribution in [-0.2, 0) is 14.8 Å². The first-order valence-corrected chi connectivity index (χ1v) is 7.23. The second-order valence-corrected chi connectivity index (χ2v) is 6.61. The van der Waals surface area contributed by atoms with E-state index in [1.54, 1.807) is 0 Å². The van der Waals surface area contributed by atoms with E-state index in [0.717, 1.165) is 12.8 Å². The van der Waals surface area contributed by atoms with E-state index in [4.69, 9.17) is 16.3 Å². The van der Waals surface area contributed by atoms with E-state index in [2.05, 4.69) is 4.72 Å². The molecule has 90 valence electrons. The molecule has 4 nitrogen and oxygen atoms in total. The predicted octanol–water partition coefficient (Wildman–Crippen LogP) is 1.10. The van der Waals surface area contributed by atoms with Crippen LogP contribution >= 0.6 is 11.6 Å². The maximum Gasteiger partial charge on any atom is 0.214 e. The van der Waals surface area contributed by atoms with Gasteiger partial charge in [0.1, 0.15) is 0 Å². The number of sulfonamides is 1. The molecule has 0 saturated heterocycles. The molecule has 0 aliphatic heterocycles. The van der Waals surface area contributed by atoms with Crippen LogP contribution in [0.3, 0.4) is 0 Å². The average molecular weight is 256 g/mol. The van der Waals surface area contributed by atoms with E-state index in [9.17, 15) is 8.42 Å². The summed E-state index contributed by atoms with van der Waals surface area (Å²) in [6.07, 6.45) is 1.52. The zero-order valence-corrected chi connectivity index (χ0v) is 10.6. The minimum atomic E-state index is -3.19. The number of hydrogen-bond donors (Lipinski definition) is 1. The SMILES string of the molecule is CC(C)OCCS(=O)(=O)NC1CC(Cl)C1. The molecule has 6 heteroatoms. The summed E-state index contributed by atoms with van der Waals surface area (Å²) in [4.78, 5) is 0. The van der Waals surface area contributed by atoms with Gasteiger partial charge in [0.15, 0.2) is 0 Å². The van der Waals surface area contributed by atoms with Crippen molar-refractivity contribution in [2.45, 2.75) is 44.2 Å². The van der Waals surface area contributed by atoms with Crippen LogP contribution in [0.25, 0.3) is 0 Å². The van der Waals surface area contributed by atoms with Gasteiger partial charge in [-0.25, -0.2) is 13.1 Å². The van der Waals surface area contributed by atoms with E-state index >= 15 is 0 Å². The summed E-state index contributed by atoms with van der Waals surface area (Å²) in [6.45, 7) is 4.00. The molecular weight excluding hydrogens is 238 g/mol. The number of halogens is 1. The number of ether oxygens (including phenoxy) is 1. The molecule has 0 aromatic rings. The number of alkyl halides is 1. The largest absolute Gasteiger partial charge is 0.378 e. The molecule has 0 spiro atoms. The van der Waals surface area contributed by atoms with Gasteiger partial charge in [-0.2, -0.15) is 0 Å². The molecule has 0 bridgehead atoms. The zero-order valence-electron chi connectivity index (χ0n) is 9.07. The molecule has 15 heavy (non-hydrogen) atoms. The van der Waals surface area contributed by atoms with E-state index < -0.39 is 10.0 Å². The quantitative estimate of drug-likeness (QED) is 0.724. The van der Waals surface area contributed by atoms with Crippen molar-refractivity contribution < 1.29 is 13.2 Å². The van der Waals surface area contributed by atoms with Gasteiger partial charge in [-0.05, 0) is 26.7 Å². The van der Waals surface area contributed by atoms with Crippen LogP contribution in [0, 0.1) is 0 Å². The summed E-state index contributed by atoms with van der Waals surface area (Å²) >= 11 is 5.76. The topological polar surface area (TPSA) is 55.4 Å². The lowest BCUT2D eigenvalue weighted by atomic mass is 9.94. The first-order valence-electron chi connectivity index (χ1n) is 5.15. The predicted molar refractivity (Wildman–Crippen MR) is 60.7 cm³/mol. The average Bonchev–Trinajstić information content (AvgIpc) is 1.99. The van der Waals surface area contributed by atoms with Gasteiger partial charge >= 0.3 is 0 Å². The van der Waals surface area contributed by atoms with Crippen LogP contribution in [0.4, 0.5) is 0 Å². The highest BCUT2D eigenvalue weighted by Gasteiger charge is 2.30. The van der Waals surface area contributed by atoms with Gasteiger partial charge in [0.05, 0.1) is 18.5 Å². The lowest BCUT2D eigenvalue weighted by molar-refractivity contribution is 0.0911. The molecule has 0 amide bonds. The Morgan fingerprint density at radius 2 is 2.07 bits per heavy atom. The normalized spacial score (nSPS) is 26.7. The van der Waals surface area contributed by atoms with Crippen molar-refractivity contribution in [2.24, 2.45) is 0 Å².